The smallest absolute Gasteiger partial charge is 0.241 e. The maximum absolute atomic E-state index is 13.1. The van der Waals surface area contributed by atoms with E-state index < -0.39 is 0 Å². The topological polar surface area (TPSA) is 80.5 Å². The molecule has 0 radical (unpaired) electrons. The summed E-state index contributed by atoms with van der Waals surface area (Å²) in [5, 5.41) is 7.99. The molecule has 0 saturated carbocycles. The Morgan fingerprint density at radius 1 is 1.17 bits per heavy atom. The summed E-state index contributed by atoms with van der Waals surface area (Å²) in [4.78, 5) is 19.9. The summed E-state index contributed by atoms with van der Waals surface area (Å²) in [5.74, 6) is 2.46. The summed E-state index contributed by atoms with van der Waals surface area (Å²) in [6.07, 6.45) is 2.49. The van der Waals surface area contributed by atoms with Gasteiger partial charge in [-0.15, -0.1) is 0 Å². The largest absolute Gasteiger partial charge is 0.497 e. The SMILES string of the molecule is COc1ccc(C(CC(C)C)NC(=O)C2CCN(Cc3nc(-c4ccccc4Cl)no3)CC2)cc1. The van der Waals surface area contributed by atoms with Gasteiger partial charge in [0.25, 0.3) is 0 Å². The Balaban J connectivity index is 1.31. The molecule has 8 heteroatoms. The van der Waals surface area contributed by atoms with Crippen molar-refractivity contribution in [3.05, 3.63) is 65.0 Å². The number of halogens is 1. The number of hydrogen-bond acceptors (Lipinski definition) is 6. The number of piperidine rings is 1. The minimum Gasteiger partial charge on any atom is -0.497 e. The van der Waals surface area contributed by atoms with Crippen LogP contribution in [0.25, 0.3) is 11.4 Å². The third-order valence-corrected chi connectivity index (χ3v) is 6.77. The highest BCUT2D eigenvalue weighted by atomic mass is 35.5. The molecule has 1 saturated heterocycles. The normalized spacial score (nSPS) is 15.8. The summed E-state index contributed by atoms with van der Waals surface area (Å²) < 4.78 is 10.7. The highest BCUT2D eigenvalue weighted by molar-refractivity contribution is 6.33. The van der Waals surface area contributed by atoms with Gasteiger partial charge in [0.05, 0.1) is 24.7 Å². The lowest BCUT2D eigenvalue weighted by Gasteiger charge is -2.31. The number of methoxy groups -OCH3 is 1. The van der Waals surface area contributed by atoms with Crippen molar-refractivity contribution in [2.24, 2.45) is 11.8 Å². The van der Waals surface area contributed by atoms with Crippen molar-refractivity contribution in [3.8, 4) is 17.1 Å². The van der Waals surface area contributed by atoms with Crippen molar-refractivity contribution < 1.29 is 14.1 Å². The van der Waals surface area contributed by atoms with Crippen molar-refractivity contribution in [1.82, 2.24) is 20.4 Å². The van der Waals surface area contributed by atoms with Gasteiger partial charge in [-0.1, -0.05) is 54.9 Å². The van der Waals surface area contributed by atoms with Crippen LogP contribution in [0.2, 0.25) is 5.02 Å². The highest BCUT2D eigenvalue weighted by Gasteiger charge is 2.28. The second-order valence-electron chi connectivity index (χ2n) is 9.51. The molecule has 4 rings (SSSR count). The summed E-state index contributed by atoms with van der Waals surface area (Å²) in [6.45, 7) is 6.53. The summed E-state index contributed by atoms with van der Waals surface area (Å²) in [5.41, 5.74) is 1.86. The minimum absolute atomic E-state index is 0.000493. The minimum atomic E-state index is -0.00643. The van der Waals surface area contributed by atoms with E-state index in [2.05, 4.69) is 34.2 Å². The van der Waals surface area contributed by atoms with Gasteiger partial charge in [0.2, 0.25) is 17.6 Å². The van der Waals surface area contributed by atoms with Crippen LogP contribution >= 0.6 is 11.6 Å². The first-order valence-electron chi connectivity index (χ1n) is 12.2. The molecule has 35 heavy (non-hydrogen) atoms. The molecule has 2 aromatic carbocycles. The number of rotatable bonds is 9. The molecule has 1 aliphatic rings. The molecule has 186 valence electrons. The first-order valence-corrected chi connectivity index (χ1v) is 12.5. The Morgan fingerprint density at radius 3 is 2.54 bits per heavy atom. The van der Waals surface area contributed by atoms with E-state index in [9.17, 15) is 4.79 Å². The van der Waals surface area contributed by atoms with Gasteiger partial charge in [0, 0.05) is 11.5 Å². The molecule has 1 unspecified atom stereocenters. The van der Waals surface area contributed by atoms with Crippen molar-refractivity contribution >= 4 is 17.5 Å². The van der Waals surface area contributed by atoms with Crippen LogP contribution in [0.3, 0.4) is 0 Å². The third-order valence-electron chi connectivity index (χ3n) is 6.44. The number of benzene rings is 2. The molecular formula is C27H33ClN4O3. The second-order valence-corrected chi connectivity index (χ2v) is 9.91. The van der Waals surface area contributed by atoms with Gasteiger partial charge in [-0.25, -0.2) is 0 Å². The molecule has 3 aromatic rings. The van der Waals surface area contributed by atoms with Crippen LogP contribution in [0, 0.1) is 11.8 Å². The molecule has 1 aliphatic heterocycles. The Morgan fingerprint density at radius 2 is 1.89 bits per heavy atom. The van der Waals surface area contributed by atoms with Crippen molar-refractivity contribution in [2.75, 3.05) is 20.2 Å². The van der Waals surface area contributed by atoms with Crippen LogP contribution in [0.1, 0.15) is 50.6 Å². The fourth-order valence-electron chi connectivity index (χ4n) is 4.49. The predicted octanol–water partition coefficient (Wildman–Crippen LogP) is 5.51. The Kier molecular flexibility index (Phi) is 8.42. The Bertz CT molecular complexity index is 1110. The monoisotopic (exact) mass is 496 g/mol. The van der Waals surface area contributed by atoms with Gasteiger partial charge in [-0.3, -0.25) is 9.69 Å². The van der Waals surface area contributed by atoms with Crippen LogP contribution in [0.15, 0.2) is 53.1 Å². The van der Waals surface area contributed by atoms with Crippen LogP contribution < -0.4 is 10.1 Å². The zero-order valence-electron chi connectivity index (χ0n) is 20.5. The van der Waals surface area contributed by atoms with E-state index in [1.807, 2.05) is 48.5 Å². The second kappa shape index (κ2) is 11.7. The fraction of sp³-hybridized carbons (Fsp3) is 0.444. The van der Waals surface area contributed by atoms with Crippen LogP contribution in [-0.2, 0) is 11.3 Å². The molecule has 0 spiro atoms. The summed E-state index contributed by atoms with van der Waals surface area (Å²) >= 11 is 6.25. The van der Waals surface area contributed by atoms with Crippen molar-refractivity contribution in [3.63, 3.8) is 0 Å². The van der Waals surface area contributed by atoms with Crippen molar-refractivity contribution in [1.29, 1.82) is 0 Å². The average molecular weight is 497 g/mol. The fourth-order valence-corrected chi connectivity index (χ4v) is 4.71. The number of nitrogens with one attached hydrogen (secondary N) is 1. The first-order chi connectivity index (χ1) is 16.9. The highest BCUT2D eigenvalue weighted by Crippen LogP contribution is 2.27. The molecule has 0 bridgehead atoms. The quantitative estimate of drug-likeness (QED) is 0.420. The van der Waals surface area contributed by atoms with E-state index in [4.69, 9.17) is 20.9 Å². The number of hydrogen-bond donors (Lipinski definition) is 1. The summed E-state index contributed by atoms with van der Waals surface area (Å²) in [7, 11) is 1.66. The van der Waals surface area contributed by atoms with E-state index in [0.29, 0.717) is 29.2 Å². The zero-order chi connectivity index (χ0) is 24.8. The summed E-state index contributed by atoms with van der Waals surface area (Å²) in [6, 6.07) is 15.4. The number of amides is 1. The van der Waals surface area contributed by atoms with Gasteiger partial charge in [-0.05, 0) is 68.1 Å². The van der Waals surface area contributed by atoms with E-state index in [1.165, 1.54) is 0 Å². The van der Waals surface area contributed by atoms with Gasteiger partial charge in [-0.2, -0.15) is 4.98 Å². The lowest BCUT2D eigenvalue weighted by molar-refractivity contribution is -0.127. The maximum atomic E-state index is 13.1. The van der Waals surface area contributed by atoms with E-state index in [1.54, 1.807) is 7.11 Å². The number of nitrogens with zero attached hydrogens (tertiary/aromatic N) is 3. The van der Waals surface area contributed by atoms with Crippen molar-refractivity contribution in [2.45, 2.75) is 45.7 Å². The van der Waals surface area contributed by atoms with E-state index >= 15 is 0 Å². The standard InChI is InChI=1S/C27H33ClN4O3/c1-18(2)16-24(19-8-10-21(34-3)11-9-19)29-27(33)20-12-14-32(15-13-20)17-25-30-26(31-35-25)22-6-4-5-7-23(22)28/h4-11,18,20,24H,12-17H2,1-3H3,(H,29,33). The number of carbonyl (C=O) groups is 1. The molecule has 7 nitrogen and oxygen atoms in total. The Labute approximate surface area is 211 Å². The number of carbonyl (C=O) groups excluding carboxylic acids is 1. The molecule has 1 atom stereocenters. The molecule has 1 N–H and O–H groups in total. The number of likely N-dealkylation sites (tertiary alicyclic amines) is 1. The molecule has 1 amide bonds. The molecule has 1 aromatic heterocycles. The Hall–Kier alpha value is -2.90. The lowest BCUT2D eigenvalue weighted by atomic mass is 9.93. The third kappa shape index (κ3) is 6.61. The predicted molar refractivity (Wildman–Crippen MR) is 136 cm³/mol. The number of aromatic nitrogens is 2. The van der Waals surface area contributed by atoms with Gasteiger partial charge in [0.1, 0.15) is 5.75 Å². The van der Waals surface area contributed by atoms with Gasteiger partial charge in [0.15, 0.2) is 0 Å². The van der Waals surface area contributed by atoms with Gasteiger partial charge < -0.3 is 14.6 Å². The molecule has 1 fully saturated rings. The van der Waals surface area contributed by atoms with E-state index in [-0.39, 0.29) is 17.9 Å². The first kappa shape index (κ1) is 25.2. The molecule has 2 heterocycles. The number of ether oxygens (including phenoxy) is 1. The zero-order valence-corrected chi connectivity index (χ0v) is 21.3. The van der Waals surface area contributed by atoms with Gasteiger partial charge >= 0.3 is 0 Å². The van der Waals surface area contributed by atoms with Crippen LogP contribution in [-0.4, -0.2) is 41.1 Å². The van der Waals surface area contributed by atoms with E-state index in [0.717, 1.165) is 49.2 Å². The molecule has 0 aliphatic carbocycles. The average Bonchev–Trinajstić information content (AvgIpc) is 3.32. The molecular weight excluding hydrogens is 464 g/mol. The lowest BCUT2D eigenvalue weighted by Crippen LogP contribution is -2.41. The van der Waals surface area contributed by atoms with Crippen LogP contribution in [0.4, 0.5) is 0 Å². The maximum Gasteiger partial charge on any atom is 0.241 e. The van der Waals surface area contributed by atoms with Crippen LogP contribution in [0.5, 0.6) is 5.75 Å².